The van der Waals surface area contributed by atoms with E-state index in [0.717, 1.165) is 6.07 Å². The first kappa shape index (κ1) is 24.4. The molecule has 33 heavy (non-hydrogen) atoms. The third kappa shape index (κ3) is 5.74. The molecule has 3 N–H and O–H groups in total. The van der Waals surface area contributed by atoms with Crippen molar-refractivity contribution in [1.82, 2.24) is 9.88 Å². The maximum atomic E-state index is 13.3. The van der Waals surface area contributed by atoms with Crippen LogP contribution < -0.4 is 14.8 Å². The average Bonchev–Trinajstić information content (AvgIpc) is 3.06. The standard InChI is InChI=1S/C20H21FN4O6S2/c1-12-19(14(3)31-23-12)33(29,30)24-13(2)20(26)22-16-7-9-18(10-8-16)32(27,28)25-17-6-4-5-15(21)11-17/h4-11,13,24-25H,1-3H3,(H,22,26)/t13-/m0/s1. The SMILES string of the molecule is Cc1noc(C)c1S(=O)(=O)N[C@@H](C)C(=O)Nc1ccc(S(=O)(=O)Nc2cccc(F)c2)cc1. The van der Waals surface area contributed by atoms with Gasteiger partial charge >= 0.3 is 0 Å². The number of amides is 1. The van der Waals surface area contributed by atoms with Crippen molar-refractivity contribution < 1.29 is 30.5 Å². The first-order chi connectivity index (χ1) is 15.4. The van der Waals surface area contributed by atoms with Crippen LogP contribution in [-0.4, -0.2) is 33.9 Å². The fourth-order valence-electron chi connectivity index (χ4n) is 2.94. The van der Waals surface area contributed by atoms with Gasteiger partial charge in [-0.1, -0.05) is 11.2 Å². The van der Waals surface area contributed by atoms with E-state index >= 15 is 0 Å². The number of sulfonamides is 2. The Morgan fingerprint density at radius 2 is 1.67 bits per heavy atom. The van der Waals surface area contributed by atoms with E-state index in [-0.39, 0.29) is 32.6 Å². The van der Waals surface area contributed by atoms with Gasteiger partial charge in [-0.05, 0) is 63.2 Å². The molecule has 2 aromatic carbocycles. The summed E-state index contributed by atoms with van der Waals surface area (Å²) >= 11 is 0. The summed E-state index contributed by atoms with van der Waals surface area (Å²) in [6.07, 6.45) is 0. The lowest BCUT2D eigenvalue weighted by Gasteiger charge is -2.15. The molecule has 13 heteroatoms. The molecule has 0 saturated heterocycles. The van der Waals surface area contributed by atoms with Crippen molar-refractivity contribution >= 4 is 37.3 Å². The van der Waals surface area contributed by atoms with E-state index in [1.54, 1.807) is 0 Å². The number of nitrogens with zero attached hydrogens (tertiary/aromatic N) is 1. The molecule has 1 amide bonds. The Morgan fingerprint density at radius 1 is 1.00 bits per heavy atom. The highest BCUT2D eigenvalue weighted by molar-refractivity contribution is 7.92. The van der Waals surface area contributed by atoms with Crippen LogP contribution in [0.2, 0.25) is 0 Å². The van der Waals surface area contributed by atoms with E-state index in [1.165, 1.54) is 63.2 Å². The molecule has 0 saturated carbocycles. The Bertz CT molecular complexity index is 1370. The Kier molecular flexibility index (Phi) is 6.86. The number of anilines is 2. The zero-order valence-electron chi connectivity index (χ0n) is 17.8. The van der Waals surface area contributed by atoms with E-state index in [1.807, 2.05) is 0 Å². The predicted octanol–water partition coefficient (Wildman–Crippen LogP) is 2.54. The molecule has 1 aromatic heterocycles. The lowest BCUT2D eigenvalue weighted by atomic mass is 10.3. The fourth-order valence-corrected chi connectivity index (χ4v) is 5.52. The Morgan fingerprint density at radius 3 is 2.24 bits per heavy atom. The van der Waals surface area contributed by atoms with Crippen LogP contribution in [0.5, 0.6) is 0 Å². The quantitative estimate of drug-likeness (QED) is 0.434. The van der Waals surface area contributed by atoms with Crippen molar-refractivity contribution in [2.75, 3.05) is 10.0 Å². The van der Waals surface area contributed by atoms with Crippen LogP contribution in [0, 0.1) is 19.7 Å². The minimum atomic E-state index is -4.06. The van der Waals surface area contributed by atoms with E-state index < -0.39 is 37.8 Å². The van der Waals surface area contributed by atoms with Crippen LogP contribution in [-0.2, 0) is 24.8 Å². The van der Waals surface area contributed by atoms with Gasteiger partial charge in [-0.15, -0.1) is 0 Å². The van der Waals surface area contributed by atoms with Crippen LogP contribution in [0.4, 0.5) is 15.8 Å². The smallest absolute Gasteiger partial charge is 0.261 e. The van der Waals surface area contributed by atoms with Crippen LogP contribution in [0.3, 0.4) is 0 Å². The second-order valence-electron chi connectivity index (χ2n) is 7.13. The molecule has 1 atom stereocenters. The first-order valence-electron chi connectivity index (χ1n) is 9.53. The van der Waals surface area contributed by atoms with Gasteiger partial charge in [0.25, 0.3) is 10.0 Å². The average molecular weight is 497 g/mol. The van der Waals surface area contributed by atoms with Gasteiger partial charge in [0.05, 0.1) is 16.6 Å². The molecule has 0 unspecified atom stereocenters. The van der Waals surface area contributed by atoms with Gasteiger partial charge in [0.1, 0.15) is 16.4 Å². The van der Waals surface area contributed by atoms with Crippen molar-refractivity contribution in [2.24, 2.45) is 0 Å². The molecular formula is C20H21FN4O6S2. The topological polar surface area (TPSA) is 147 Å². The number of benzene rings is 2. The van der Waals surface area contributed by atoms with E-state index in [0.29, 0.717) is 0 Å². The molecular weight excluding hydrogens is 475 g/mol. The molecule has 1 heterocycles. The Labute approximate surface area is 190 Å². The molecule has 0 aliphatic carbocycles. The highest BCUT2D eigenvalue weighted by atomic mass is 32.2. The lowest BCUT2D eigenvalue weighted by molar-refractivity contribution is -0.117. The van der Waals surface area contributed by atoms with Gasteiger partial charge < -0.3 is 9.84 Å². The van der Waals surface area contributed by atoms with E-state index in [4.69, 9.17) is 4.52 Å². The van der Waals surface area contributed by atoms with Gasteiger partial charge in [0.15, 0.2) is 5.76 Å². The number of carbonyl (C=O) groups excluding carboxylic acids is 1. The Balaban J connectivity index is 1.67. The van der Waals surface area contributed by atoms with Crippen molar-refractivity contribution in [2.45, 2.75) is 36.6 Å². The van der Waals surface area contributed by atoms with E-state index in [9.17, 15) is 26.0 Å². The largest absolute Gasteiger partial charge is 0.360 e. The molecule has 3 rings (SSSR count). The van der Waals surface area contributed by atoms with Crippen LogP contribution in [0.15, 0.2) is 62.8 Å². The fraction of sp³-hybridized carbons (Fsp3) is 0.200. The summed E-state index contributed by atoms with van der Waals surface area (Å²) < 4.78 is 72.7. The lowest BCUT2D eigenvalue weighted by Crippen LogP contribution is -2.41. The highest BCUT2D eigenvalue weighted by Crippen LogP contribution is 2.20. The number of aromatic nitrogens is 1. The number of hydrogen-bond acceptors (Lipinski definition) is 7. The molecule has 0 aliphatic heterocycles. The Hall–Kier alpha value is -3.29. The third-order valence-corrected chi connectivity index (χ3v) is 7.65. The zero-order chi connectivity index (χ0) is 24.4. The van der Waals surface area contributed by atoms with Crippen molar-refractivity contribution in [1.29, 1.82) is 0 Å². The summed E-state index contributed by atoms with van der Waals surface area (Å²) in [5.74, 6) is -1.16. The van der Waals surface area contributed by atoms with E-state index in [2.05, 4.69) is 19.9 Å². The number of halogens is 1. The summed E-state index contributed by atoms with van der Waals surface area (Å²) in [6.45, 7) is 4.26. The third-order valence-electron chi connectivity index (χ3n) is 4.47. The van der Waals surface area contributed by atoms with Crippen molar-refractivity contribution in [3.63, 3.8) is 0 Å². The van der Waals surface area contributed by atoms with Gasteiger partial charge in [-0.2, -0.15) is 4.72 Å². The predicted molar refractivity (Wildman–Crippen MR) is 118 cm³/mol. The molecule has 0 spiro atoms. The summed E-state index contributed by atoms with van der Waals surface area (Å²) in [5.41, 5.74) is 0.469. The summed E-state index contributed by atoms with van der Waals surface area (Å²) in [7, 11) is -8.04. The normalized spacial score (nSPS) is 12.8. The summed E-state index contributed by atoms with van der Waals surface area (Å²) in [6, 6.07) is 9.02. The number of carbonyl (C=O) groups is 1. The number of hydrogen-bond donors (Lipinski definition) is 3. The minimum Gasteiger partial charge on any atom is -0.360 e. The molecule has 3 aromatic rings. The molecule has 0 bridgehead atoms. The van der Waals surface area contributed by atoms with Crippen LogP contribution in [0.25, 0.3) is 0 Å². The zero-order valence-corrected chi connectivity index (χ0v) is 19.4. The van der Waals surface area contributed by atoms with Crippen LogP contribution in [0.1, 0.15) is 18.4 Å². The van der Waals surface area contributed by atoms with Gasteiger partial charge in [-0.3, -0.25) is 9.52 Å². The van der Waals surface area contributed by atoms with Gasteiger partial charge in [-0.25, -0.2) is 21.2 Å². The number of aryl methyl sites for hydroxylation is 2. The van der Waals surface area contributed by atoms with Gasteiger partial charge in [0, 0.05) is 5.69 Å². The van der Waals surface area contributed by atoms with Gasteiger partial charge in [0.2, 0.25) is 15.9 Å². The monoisotopic (exact) mass is 496 g/mol. The molecule has 0 radical (unpaired) electrons. The van der Waals surface area contributed by atoms with Crippen LogP contribution >= 0.6 is 0 Å². The maximum Gasteiger partial charge on any atom is 0.261 e. The van der Waals surface area contributed by atoms with Crippen molar-refractivity contribution in [3.8, 4) is 0 Å². The molecule has 0 aliphatic rings. The second-order valence-corrected chi connectivity index (χ2v) is 10.5. The highest BCUT2D eigenvalue weighted by Gasteiger charge is 2.28. The molecule has 176 valence electrons. The first-order valence-corrected chi connectivity index (χ1v) is 12.5. The summed E-state index contributed by atoms with van der Waals surface area (Å²) in [5, 5.41) is 6.10. The second kappa shape index (κ2) is 9.29. The molecule has 0 fully saturated rings. The minimum absolute atomic E-state index is 0.0618. The number of rotatable bonds is 8. The summed E-state index contributed by atoms with van der Waals surface area (Å²) in [4.78, 5) is 12.2. The van der Waals surface area contributed by atoms with Crippen molar-refractivity contribution in [3.05, 3.63) is 65.8 Å². The number of nitrogens with one attached hydrogen (secondary N) is 3. The maximum absolute atomic E-state index is 13.3. The molecule has 10 nitrogen and oxygen atoms in total.